The summed E-state index contributed by atoms with van der Waals surface area (Å²) in [6.07, 6.45) is 3.95. The Hall–Kier alpha value is -3.78. The van der Waals surface area contributed by atoms with Gasteiger partial charge in [-0.3, -0.25) is 24.1 Å². The highest BCUT2D eigenvalue weighted by atomic mass is 79.9. The van der Waals surface area contributed by atoms with Crippen LogP contribution in [0.1, 0.15) is 36.8 Å². The Bertz CT molecular complexity index is 1550. The van der Waals surface area contributed by atoms with E-state index >= 15 is 0 Å². The zero-order chi connectivity index (χ0) is 27.6. The average Bonchev–Trinajstić information content (AvgIpc) is 3.17. The lowest BCUT2D eigenvalue weighted by molar-refractivity contribution is -0.140. The van der Waals surface area contributed by atoms with Gasteiger partial charge in [-0.1, -0.05) is 42.0 Å². The molecule has 0 unspecified atom stereocenters. The Balaban J connectivity index is 1.47. The molecule has 198 valence electrons. The highest BCUT2D eigenvalue weighted by molar-refractivity contribution is 9.10. The van der Waals surface area contributed by atoms with Crippen LogP contribution in [0.3, 0.4) is 0 Å². The van der Waals surface area contributed by atoms with E-state index in [1.807, 2.05) is 36.4 Å². The number of hydrogen-bond acceptors (Lipinski definition) is 6. The van der Waals surface area contributed by atoms with E-state index in [0.717, 1.165) is 11.1 Å². The van der Waals surface area contributed by atoms with Gasteiger partial charge in [0.05, 0.1) is 30.0 Å². The van der Waals surface area contributed by atoms with Crippen molar-refractivity contribution in [1.29, 1.82) is 0 Å². The Morgan fingerprint density at radius 2 is 1.79 bits per heavy atom. The molecular weight excluding hydrogens is 562 g/mol. The minimum atomic E-state index is -0.616. The van der Waals surface area contributed by atoms with Gasteiger partial charge in [-0.25, -0.2) is 0 Å². The van der Waals surface area contributed by atoms with E-state index in [0.29, 0.717) is 33.2 Å². The number of amides is 2. The highest BCUT2D eigenvalue weighted by Crippen LogP contribution is 2.56. The van der Waals surface area contributed by atoms with Gasteiger partial charge >= 0.3 is 0 Å². The summed E-state index contributed by atoms with van der Waals surface area (Å²) in [6, 6.07) is 12.8. The maximum atomic E-state index is 13.8. The first kappa shape index (κ1) is 25.5. The normalized spacial score (nSPS) is 26.2. The molecule has 1 fully saturated rings. The monoisotopic (exact) mass is 587 g/mol. The summed E-state index contributed by atoms with van der Waals surface area (Å²) in [5.74, 6) is -2.88. The predicted molar refractivity (Wildman–Crippen MR) is 146 cm³/mol. The molecule has 1 heterocycles. The number of allylic oxidation sites excluding steroid dienone is 6. The number of rotatable bonds is 4. The molecule has 0 saturated carbocycles. The number of benzene rings is 2. The lowest BCUT2D eigenvalue weighted by Gasteiger charge is -2.42. The van der Waals surface area contributed by atoms with Crippen molar-refractivity contribution in [3.05, 3.63) is 92.5 Å². The molecule has 7 nitrogen and oxygen atoms in total. The molecule has 2 amide bonds. The second kappa shape index (κ2) is 9.45. The zero-order valence-corrected chi connectivity index (χ0v) is 23.0. The van der Waals surface area contributed by atoms with Crippen molar-refractivity contribution < 1.29 is 29.0 Å². The highest BCUT2D eigenvalue weighted by Gasteiger charge is 2.56. The Kier molecular flexibility index (Phi) is 6.18. The van der Waals surface area contributed by atoms with Crippen LogP contribution in [0.4, 0.5) is 0 Å². The van der Waals surface area contributed by atoms with E-state index < -0.39 is 23.7 Å². The van der Waals surface area contributed by atoms with Crippen molar-refractivity contribution in [2.24, 2.45) is 17.8 Å². The number of imide groups is 1. The minimum absolute atomic E-state index is 0.0734. The molecule has 2 aromatic carbocycles. The van der Waals surface area contributed by atoms with E-state index in [2.05, 4.69) is 15.9 Å². The number of carbonyl (C=O) groups excluding carboxylic acids is 4. The van der Waals surface area contributed by atoms with Gasteiger partial charge in [-0.05, 0) is 70.9 Å². The molecule has 0 radical (unpaired) electrons. The van der Waals surface area contributed by atoms with Crippen molar-refractivity contribution in [2.45, 2.75) is 32.2 Å². The maximum Gasteiger partial charge on any atom is 0.234 e. The fourth-order valence-electron chi connectivity index (χ4n) is 6.64. The lowest BCUT2D eigenvalue weighted by Crippen LogP contribution is -2.39. The summed E-state index contributed by atoms with van der Waals surface area (Å²) >= 11 is 3.39. The summed E-state index contributed by atoms with van der Waals surface area (Å²) < 4.78 is 5.77. The molecule has 4 atom stereocenters. The van der Waals surface area contributed by atoms with E-state index in [9.17, 15) is 24.3 Å². The van der Waals surface area contributed by atoms with Crippen LogP contribution in [0.15, 0.2) is 81.4 Å². The van der Waals surface area contributed by atoms with Crippen LogP contribution in [-0.2, 0) is 25.7 Å². The fraction of sp³-hybridized carbons (Fsp3) is 0.290. The molecule has 8 heteroatoms. The number of likely N-dealkylation sites (tertiary alicyclic amines) is 1. The van der Waals surface area contributed by atoms with Crippen molar-refractivity contribution in [3.8, 4) is 11.5 Å². The molecule has 0 aromatic heterocycles. The molecule has 6 rings (SSSR count). The number of hydrogen-bond donors (Lipinski definition) is 1. The minimum Gasteiger partial charge on any atom is -0.503 e. The average molecular weight is 588 g/mol. The standard InChI is InChI=1S/C31H26BrNO6/c1-15-10-23(34)21-13-20-18(25(27(21)28(15)35)17-11-22(32)29(36)24(12-17)39-2)8-9-19-26(20)31(38)33(30(19)37)14-16-6-4-3-5-7-16/h3-8,10-12,19-20,25-26,36H,9,13-14H2,1-2H3/t19-,20+,25-,26-/m0/s1. The molecule has 4 aliphatic rings. The Morgan fingerprint density at radius 3 is 2.51 bits per heavy atom. The quantitative estimate of drug-likeness (QED) is 0.313. The summed E-state index contributed by atoms with van der Waals surface area (Å²) in [4.78, 5) is 55.5. The molecule has 3 aliphatic carbocycles. The number of ether oxygens (including phenoxy) is 1. The zero-order valence-electron chi connectivity index (χ0n) is 21.4. The molecule has 2 aromatic rings. The largest absolute Gasteiger partial charge is 0.503 e. The molecular formula is C31H26BrNO6. The van der Waals surface area contributed by atoms with Gasteiger partial charge in [0.2, 0.25) is 11.8 Å². The third-order valence-corrected chi connectivity index (χ3v) is 9.05. The topological polar surface area (TPSA) is 101 Å². The number of aromatic hydroxyl groups is 1. The second-order valence-corrected chi connectivity index (χ2v) is 11.4. The van der Waals surface area contributed by atoms with Crippen LogP contribution in [0, 0.1) is 17.8 Å². The Morgan fingerprint density at radius 1 is 1.05 bits per heavy atom. The summed E-state index contributed by atoms with van der Waals surface area (Å²) in [6.45, 7) is 1.83. The molecule has 0 spiro atoms. The number of halogens is 1. The number of carbonyl (C=O) groups is 4. The SMILES string of the molecule is COc1cc([C@H]2C3=CC[C@@H]4C(=O)N(Cc5ccccc5)C(=O)[C@@H]4[C@@H]3CC3=C2C(=O)C(C)=CC3=O)cc(Br)c1O. The van der Waals surface area contributed by atoms with E-state index in [1.165, 1.54) is 18.1 Å². The summed E-state index contributed by atoms with van der Waals surface area (Å²) in [7, 11) is 1.44. The van der Waals surface area contributed by atoms with Crippen LogP contribution < -0.4 is 4.74 Å². The van der Waals surface area contributed by atoms with Crippen molar-refractivity contribution >= 4 is 39.3 Å². The van der Waals surface area contributed by atoms with Gasteiger partial charge in [0, 0.05) is 22.6 Å². The Labute approximate surface area is 234 Å². The fourth-order valence-corrected chi connectivity index (χ4v) is 7.10. The molecule has 1 saturated heterocycles. The number of phenolic OH excluding ortho intramolecular Hbond substituents is 1. The molecule has 39 heavy (non-hydrogen) atoms. The number of ketones is 2. The first-order chi connectivity index (χ1) is 18.7. The van der Waals surface area contributed by atoms with Gasteiger partial charge in [-0.2, -0.15) is 0 Å². The van der Waals surface area contributed by atoms with E-state index in [-0.39, 0.29) is 47.8 Å². The number of methoxy groups -OCH3 is 1. The first-order valence-corrected chi connectivity index (χ1v) is 13.7. The maximum absolute atomic E-state index is 13.8. The van der Waals surface area contributed by atoms with Crippen molar-refractivity contribution in [2.75, 3.05) is 7.11 Å². The number of Topliss-reactive ketones (excluding diaryl/α,β-unsaturated/α-hetero) is 1. The third-order valence-electron chi connectivity index (χ3n) is 8.44. The van der Waals surface area contributed by atoms with Crippen molar-refractivity contribution in [1.82, 2.24) is 4.90 Å². The van der Waals surface area contributed by atoms with Crippen molar-refractivity contribution in [3.63, 3.8) is 0 Å². The summed E-state index contributed by atoms with van der Waals surface area (Å²) in [5.41, 5.74) is 3.54. The molecule has 1 N–H and O–H groups in total. The van der Waals surface area contributed by atoms with Crippen LogP contribution in [0.25, 0.3) is 0 Å². The number of fused-ring (bicyclic) bond motifs is 3. The van der Waals surface area contributed by atoms with Crippen LogP contribution in [0.5, 0.6) is 11.5 Å². The molecule has 0 bridgehead atoms. The number of phenols is 1. The van der Waals surface area contributed by atoms with Gasteiger partial charge in [0.25, 0.3) is 0 Å². The third kappa shape index (κ3) is 3.92. The van der Waals surface area contributed by atoms with Gasteiger partial charge < -0.3 is 9.84 Å². The smallest absolute Gasteiger partial charge is 0.234 e. The van der Waals surface area contributed by atoms with E-state index in [4.69, 9.17) is 4.74 Å². The van der Waals surface area contributed by atoms with Gasteiger partial charge in [0.1, 0.15) is 0 Å². The first-order valence-electron chi connectivity index (χ1n) is 12.9. The van der Waals surface area contributed by atoms with Gasteiger partial charge in [0.15, 0.2) is 23.1 Å². The van der Waals surface area contributed by atoms with Crippen LogP contribution in [-0.4, -0.2) is 40.5 Å². The predicted octanol–water partition coefficient (Wildman–Crippen LogP) is 4.79. The van der Waals surface area contributed by atoms with Crippen LogP contribution >= 0.6 is 15.9 Å². The van der Waals surface area contributed by atoms with E-state index in [1.54, 1.807) is 19.1 Å². The number of nitrogens with zero attached hydrogens (tertiary/aromatic N) is 1. The van der Waals surface area contributed by atoms with Gasteiger partial charge in [-0.15, -0.1) is 0 Å². The molecule has 1 aliphatic heterocycles. The lowest BCUT2D eigenvalue weighted by atomic mass is 9.59. The second-order valence-electron chi connectivity index (χ2n) is 10.5. The summed E-state index contributed by atoms with van der Waals surface area (Å²) in [5, 5.41) is 10.4. The van der Waals surface area contributed by atoms with Crippen LogP contribution in [0.2, 0.25) is 0 Å².